The van der Waals surface area contributed by atoms with Crippen LogP contribution >= 0.6 is 11.6 Å². The Morgan fingerprint density at radius 3 is 2.30 bits per heavy atom. The van der Waals surface area contributed by atoms with Gasteiger partial charge in [-0.3, -0.25) is 4.79 Å². The molecule has 0 saturated heterocycles. The van der Waals surface area contributed by atoms with Crippen LogP contribution in [0, 0.1) is 5.82 Å². The van der Waals surface area contributed by atoms with E-state index in [-0.39, 0.29) is 22.8 Å². The van der Waals surface area contributed by atoms with Gasteiger partial charge < -0.3 is 15.0 Å². The monoisotopic (exact) mass is 455 g/mol. The summed E-state index contributed by atoms with van der Waals surface area (Å²) in [6, 6.07) is 3.80. The zero-order chi connectivity index (χ0) is 22.4. The molecule has 160 valence electrons. The highest BCUT2D eigenvalue weighted by atomic mass is 35.5. The van der Waals surface area contributed by atoms with E-state index in [1.165, 1.54) is 0 Å². The van der Waals surface area contributed by atoms with Gasteiger partial charge in [-0.05, 0) is 24.3 Å². The third-order valence-electron chi connectivity index (χ3n) is 3.83. The second kappa shape index (κ2) is 7.35. The minimum Gasteiger partial charge on any atom is -0.453 e. The molecule has 1 amide bonds. The van der Waals surface area contributed by atoms with Crippen molar-refractivity contribution in [3.05, 3.63) is 52.6 Å². The summed E-state index contributed by atoms with van der Waals surface area (Å²) in [5.41, 5.74) is 3.26. The average molecular weight is 456 g/mol. The van der Waals surface area contributed by atoms with Crippen LogP contribution in [-0.2, 0) is 23.7 Å². The van der Waals surface area contributed by atoms with Crippen molar-refractivity contribution < 1.29 is 40.3 Å². The molecule has 3 rings (SSSR count). The standard InChI is InChI=1S/C17H9ClF7N3O2/c18-9-3-7(16(20,21)22)4-10(19)14(9)30-8-1-2-11-12(5-8)28(6-13(26)29)15(27-11)17(23,24)25/h1-5H,6H2,(H2,26,29). The van der Waals surface area contributed by atoms with Crippen molar-refractivity contribution in [3.8, 4) is 11.5 Å². The fourth-order valence-electron chi connectivity index (χ4n) is 2.64. The summed E-state index contributed by atoms with van der Waals surface area (Å²) in [4.78, 5) is 14.6. The number of aromatic nitrogens is 2. The van der Waals surface area contributed by atoms with Gasteiger partial charge in [0.1, 0.15) is 12.3 Å². The molecule has 13 heteroatoms. The van der Waals surface area contributed by atoms with Crippen LogP contribution < -0.4 is 10.5 Å². The molecule has 0 bridgehead atoms. The van der Waals surface area contributed by atoms with Gasteiger partial charge in [-0.2, -0.15) is 26.3 Å². The SMILES string of the molecule is NC(=O)Cn1c(C(F)(F)F)nc2ccc(Oc3c(F)cc(C(F)(F)F)cc3Cl)cc21. The highest BCUT2D eigenvalue weighted by molar-refractivity contribution is 6.32. The van der Waals surface area contributed by atoms with Crippen LogP contribution in [0.3, 0.4) is 0 Å². The molecule has 0 atom stereocenters. The van der Waals surface area contributed by atoms with Crippen molar-refractivity contribution in [3.63, 3.8) is 0 Å². The smallest absolute Gasteiger partial charge is 0.449 e. The minimum atomic E-state index is -4.90. The van der Waals surface area contributed by atoms with Gasteiger partial charge in [0.25, 0.3) is 0 Å². The highest BCUT2D eigenvalue weighted by Crippen LogP contribution is 2.39. The summed E-state index contributed by atoms with van der Waals surface area (Å²) in [6.07, 6.45) is -9.75. The van der Waals surface area contributed by atoms with Gasteiger partial charge in [0, 0.05) is 6.07 Å². The van der Waals surface area contributed by atoms with Crippen LogP contribution in [0.2, 0.25) is 5.02 Å². The Morgan fingerprint density at radius 1 is 1.10 bits per heavy atom. The number of benzene rings is 2. The lowest BCUT2D eigenvalue weighted by Gasteiger charge is -2.13. The topological polar surface area (TPSA) is 70.1 Å². The summed E-state index contributed by atoms with van der Waals surface area (Å²) in [7, 11) is 0. The van der Waals surface area contributed by atoms with E-state index >= 15 is 0 Å². The minimum absolute atomic E-state index is 0.166. The first-order valence-electron chi connectivity index (χ1n) is 7.87. The van der Waals surface area contributed by atoms with Gasteiger partial charge in [-0.25, -0.2) is 9.37 Å². The molecule has 0 aliphatic rings. The van der Waals surface area contributed by atoms with Crippen LogP contribution in [0.25, 0.3) is 11.0 Å². The number of hydrogen-bond acceptors (Lipinski definition) is 3. The van der Waals surface area contributed by atoms with Crippen molar-refractivity contribution >= 4 is 28.5 Å². The Morgan fingerprint density at radius 2 is 1.77 bits per heavy atom. The highest BCUT2D eigenvalue weighted by Gasteiger charge is 2.38. The number of rotatable bonds is 4. The summed E-state index contributed by atoms with van der Waals surface area (Å²) in [5, 5.41) is -0.705. The molecule has 2 N–H and O–H groups in total. The van der Waals surface area contributed by atoms with Gasteiger partial charge in [-0.1, -0.05) is 11.6 Å². The molecule has 0 fully saturated rings. The van der Waals surface area contributed by atoms with E-state index < -0.39 is 52.8 Å². The molecule has 0 aliphatic carbocycles. The predicted octanol–water partition coefficient (Wildman–Crippen LogP) is 5.14. The Balaban J connectivity index is 2.07. The fourth-order valence-corrected chi connectivity index (χ4v) is 2.88. The number of hydrogen-bond donors (Lipinski definition) is 1. The van der Waals surface area contributed by atoms with E-state index in [4.69, 9.17) is 22.1 Å². The van der Waals surface area contributed by atoms with E-state index in [1.54, 1.807) is 0 Å². The normalized spacial score (nSPS) is 12.4. The maximum absolute atomic E-state index is 14.1. The number of halogens is 8. The van der Waals surface area contributed by atoms with E-state index in [9.17, 15) is 35.5 Å². The molecule has 1 aromatic heterocycles. The Kier molecular flexibility index (Phi) is 5.31. The number of carbonyl (C=O) groups is 1. The second-order valence-electron chi connectivity index (χ2n) is 6.00. The maximum Gasteiger partial charge on any atom is 0.449 e. The van der Waals surface area contributed by atoms with Crippen molar-refractivity contribution in [2.75, 3.05) is 0 Å². The first-order chi connectivity index (χ1) is 13.8. The lowest BCUT2D eigenvalue weighted by Crippen LogP contribution is -2.23. The predicted molar refractivity (Wildman–Crippen MR) is 90.4 cm³/mol. The van der Waals surface area contributed by atoms with Gasteiger partial charge >= 0.3 is 12.4 Å². The Labute approximate surface area is 167 Å². The van der Waals surface area contributed by atoms with Crippen LogP contribution in [0.5, 0.6) is 11.5 Å². The van der Waals surface area contributed by atoms with Crippen LogP contribution in [0.4, 0.5) is 30.7 Å². The number of ether oxygens (including phenoxy) is 1. The lowest BCUT2D eigenvalue weighted by atomic mass is 10.2. The molecule has 1 heterocycles. The molecule has 2 aromatic carbocycles. The Hall–Kier alpha value is -3.02. The molecular weight excluding hydrogens is 447 g/mol. The third kappa shape index (κ3) is 4.27. The maximum atomic E-state index is 14.1. The molecule has 30 heavy (non-hydrogen) atoms. The number of primary amides is 1. The number of alkyl halides is 6. The number of fused-ring (bicyclic) bond motifs is 1. The summed E-state index contributed by atoms with van der Waals surface area (Å²) in [5.74, 6) is -4.94. The average Bonchev–Trinajstić information content (AvgIpc) is 2.95. The van der Waals surface area contributed by atoms with Crippen molar-refractivity contribution in [1.29, 1.82) is 0 Å². The molecule has 0 radical (unpaired) electrons. The van der Waals surface area contributed by atoms with Crippen LogP contribution in [0.1, 0.15) is 11.4 Å². The number of amides is 1. The molecular formula is C17H9ClF7N3O2. The summed E-state index contributed by atoms with van der Waals surface area (Å²) in [6.45, 7) is -0.857. The van der Waals surface area contributed by atoms with Gasteiger partial charge in [-0.15, -0.1) is 0 Å². The molecule has 3 aromatic rings. The third-order valence-corrected chi connectivity index (χ3v) is 4.11. The number of imidazole rings is 1. The molecule has 0 unspecified atom stereocenters. The summed E-state index contributed by atoms with van der Waals surface area (Å²) < 4.78 is 97.5. The largest absolute Gasteiger partial charge is 0.453 e. The summed E-state index contributed by atoms with van der Waals surface area (Å²) >= 11 is 5.68. The van der Waals surface area contributed by atoms with Crippen LogP contribution in [-0.4, -0.2) is 15.5 Å². The zero-order valence-electron chi connectivity index (χ0n) is 14.4. The van der Waals surface area contributed by atoms with Crippen molar-refractivity contribution in [1.82, 2.24) is 9.55 Å². The van der Waals surface area contributed by atoms with E-state index in [0.717, 1.165) is 18.2 Å². The molecule has 0 aliphatic heterocycles. The van der Waals surface area contributed by atoms with Crippen LogP contribution in [0.15, 0.2) is 30.3 Å². The number of nitrogens with zero attached hydrogens (tertiary/aromatic N) is 2. The number of nitrogens with two attached hydrogens (primary N) is 1. The van der Waals surface area contributed by atoms with E-state index in [0.29, 0.717) is 10.6 Å². The van der Waals surface area contributed by atoms with Crippen molar-refractivity contribution in [2.24, 2.45) is 5.73 Å². The van der Waals surface area contributed by atoms with Gasteiger partial charge in [0.2, 0.25) is 11.7 Å². The molecule has 5 nitrogen and oxygen atoms in total. The lowest BCUT2D eigenvalue weighted by molar-refractivity contribution is -0.147. The molecule has 0 spiro atoms. The Bertz CT molecular complexity index is 1120. The zero-order valence-corrected chi connectivity index (χ0v) is 15.2. The van der Waals surface area contributed by atoms with E-state index in [2.05, 4.69) is 4.98 Å². The van der Waals surface area contributed by atoms with E-state index in [1.807, 2.05) is 0 Å². The van der Waals surface area contributed by atoms with Gasteiger partial charge in [0.15, 0.2) is 11.6 Å². The first kappa shape index (κ1) is 21.7. The number of carbonyl (C=O) groups excluding carboxylic acids is 1. The second-order valence-corrected chi connectivity index (χ2v) is 6.41. The molecule has 0 saturated carbocycles. The van der Waals surface area contributed by atoms with Crippen molar-refractivity contribution in [2.45, 2.75) is 18.9 Å². The van der Waals surface area contributed by atoms with Gasteiger partial charge in [0.05, 0.1) is 21.6 Å². The first-order valence-corrected chi connectivity index (χ1v) is 8.25. The quantitative estimate of drug-likeness (QED) is 0.554. The fraction of sp³-hybridized carbons (Fsp3) is 0.176.